The monoisotopic (exact) mass is 280 g/mol. The molecule has 0 saturated heterocycles. The van der Waals surface area contributed by atoms with Crippen molar-refractivity contribution in [1.82, 2.24) is 5.32 Å². The average molecular weight is 280 g/mol. The summed E-state index contributed by atoms with van der Waals surface area (Å²) in [6.45, 7) is 3.89. The Bertz CT molecular complexity index is 475. The number of amides is 2. The Morgan fingerprint density at radius 1 is 1.20 bits per heavy atom. The number of anilines is 1. The molecule has 0 heterocycles. The molecule has 0 aromatic heterocycles. The van der Waals surface area contributed by atoms with Crippen molar-refractivity contribution >= 4 is 17.5 Å². The predicted molar refractivity (Wildman–Crippen MR) is 76.9 cm³/mol. The van der Waals surface area contributed by atoms with Gasteiger partial charge in [0, 0.05) is 25.6 Å². The summed E-state index contributed by atoms with van der Waals surface area (Å²) in [5.41, 5.74) is 1.36. The van der Waals surface area contributed by atoms with Gasteiger partial charge in [0.15, 0.2) is 0 Å². The molecule has 0 spiro atoms. The Kier molecular flexibility index (Phi) is 6.70. The van der Waals surface area contributed by atoms with Crippen LogP contribution < -0.4 is 10.6 Å². The van der Waals surface area contributed by atoms with Crippen LogP contribution in [0.15, 0.2) is 18.2 Å². The van der Waals surface area contributed by atoms with E-state index >= 15 is 0 Å². The van der Waals surface area contributed by atoms with Crippen LogP contribution in [0.5, 0.6) is 0 Å². The number of hydrogen-bond acceptors (Lipinski definition) is 2. The van der Waals surface area contributed by atoms with Crippen LogP contribution in [0.2, 0.25) is 0 Å². The molecule has 2 amide bonds. The number of carbonyl (C=O) groups is 2. The van der Waals surface area contributed by atoms with Crippen LogP contribution >= 0.6 is 0 Å². The summed E-state index contributed by atoms with van der Waals surface area (Å²) in [7, 11) is 0. The molecule has 5 heteroatoms. The minimum absolute atomic E-state index is 0.0328. The Labute approximate surface area is 118 Å². The number of rotatable bonds is 7. The third-order valence-corrected chi connectivity index (χ3v) is 2.92. The van der Waals surface area contributed by atoms with Gasteiger partial charge in [-0.1, -0.05) is 6.42 Å². The van der Waals surface area contributed by atoms with E-state index in [1.54, 1.807) is 13.0 Å². The summed E-state index contributed by atoms with van der Waals surface area (Å²) in [6.07, 6.45) is 2.95. The van der Waals surface area contributed by atoms with E-state index in [4.69, 9.17) is 0 Å². The molecule has 1 aromatic rings. The summed E-state index contributed by atoms with van der Waals surface area (Å²) >= 11 is 0. The molecule has 4 nitrogen and oxygen atoms in total. The number of carbonyl (C=O) groups excluding carboxylic acids is 2. The molecule has 0 unspecified atom stereocenters. The Balaban J connectivity index is 2.22. The van der Waals surface area contributed by atoms with Gasteiger partial charge >= 0.3 is 0 Å². The highest BCUT2D eigenvalue weighted by molar-refractivity contribution is 5.91. The Hall–Kier alpha value is -1.91. The molecule has 110 valence electrons. The number of hydrogen-bond donors (Lipinski definition) is 2. The van der Waals surface area contributed by atoms with E-state index in [2.05, 4.69) is 10.6 Å². The fourth-order valence-electron chi connectivity index (χ4n) is 1.83. The lowest BCUT2D eigenvalue weighted by molar-refractivity contribution is -0.119. The van der Waals surface area contributed by atoms with Gasteiger partial charge in [0.05, 0.1) is 0 Å². The molecule has 0 fully saturated rings. The van der Waals surface area contributed by atoms with Gasteiger partial charge in [-0.2, -0.15) is 0 Å². The third kappa shape index (κ3) is 6.31. The van der Waals surface area contributed by atoms with Crippen LogP contribution in [0.25, 0.3) is 0 Å². The first kappa shape index (κ1) is 16.1. The number of nitrogens with one attached hydrogen (secondary N) is 2. The van der Waals surface area contributed by atoms with Gasteiger partial charge in [0.1, 0.15) is 5.82 Å². The number of halogens is 1. The molecule has 0 radical (unpaired) electrons. The van der Waals surface area contributed by atoms with Crippen molar-refractivity contribution in [3.63, 3.8) is 0 Å². The van der Waals surface area contributed by atoms with Crippen molar-refractivity contribution in [2.75, 3.05) is 11.9 Å². The molecule has 0 aliphatic carbocycles. The summed E-state index contributed by atoms with van der Waals surface area (Å²) < 4.78 is 12.9. The summed E-state index contributed by atoms with van der Waals surface area (Å²) in [4.78, 5) is 22.4. The van der Waals surface area contributed by atoms with Crippen molar-refractivity contribution in [2.24, 2.45) is 0 Å². The van der Waals surface area contributed by atoms with Crippen LogP contribution in [0.4, 0.5) is 10.1 Å². The minimum Gasteiger partial charge on any atom is -0.356 e. The molecule has 0 bridgehead atoms. The molecule has 20 heavy (non-hydrogen) atoms. The molecule has 1 rings (SSSR count). The zero-order valence-corrected chi connectivity index (χ0v) is 12.0. The van der Waals surface area contributed by atoms with Crippen molar-refractivity contribution in [3.05, 3.63) is 29.6 Å². The zero-order valence-electron chi connectivity index (χ0n) is 12.0. The van der Waals surface area contributed by atoms with Gasteiger partial charge in [0.25, 0.3) is 0 Å². The van der Waals surface area contributed by atoms with Gasteiger partial charge in [-0.05, 0) is 43.5 Å². The summed E-state index contributed by atoms with van der Waals surface area (Å²) in [5.74, 6) is -0.410. The highest BCUT2D eigenvalue weighted by Gasteiger charge is 2.05. The van der Waals surface area contributed by atoms with Gasteiger partial charge in [-0.3, -0.25) is 9.59 Å². The Morgan fingerprint density at radius 3 is 2.60 bits per heavy atom. The predicted octanol–water partition coefficient (Wildman–Crippen LogP) is 2.77. The SMILES string of the molecule is CC(=O)NCCCCCC(=O)Nc1ccc(F)cc1C. The smallest absolute Gasteiger partial charge is 0.224 e. The zero-order chi connectivity index (χ0) is 15.0. The second-order valence-corrected chi connectivity index (χ2v) is 4.80. The fraction of sp³-hybridized carbons (Fsp3) is 0.467. The number of unbranched alkanes of at least 4 members (excludes halogenated alkanes) is 2. The normalized spacial score (nSPS) is 10.2. The lowest BCUT2D eigenvalue weighted by Crippen LogP contribution is -2.20. The molecular formula is C15H21FN2O2. The quantitative estimate of drug-likeness (QED) is 0.754. The standard InChI is InChI=1S/C15H21FN2O2/c1-11-10-13(16)7-8-14(11)18-15(20)6-4-3-5-9-17-12(2)19/h7-8,10H,3-6,9H2,1-2H3,(H,17,19)(H,18,20). The maximum absolute atomic E-state index is 12.9. The van der Waals surface area contributed by atoms with Gasteiger partial charge in [-0.25, -0.2) is 4.39 Å². The third-order valence-electron chi connectivity index (χ3n) is 2.92. The van der Waals surface area contributed by atoms with Gasteiger partial charge < -0.3 is 10.6 Å². The average Bonchev–Trinajstić information content (AvgIpc) is 2.36. The number of aryl methyl sites for hydroxylation is 1. The maximum Gasteiger partial charge on any atom is 0.224 e. The first-order chi connectivity index (χ1) is 9.49. The first-order valence-corrected chi connectivity index (χ1v) is 6.79. The van der Waals surface area contributed by atoms with Gasteiger partial charge in [-0.15, -0.1) is 0 Å². The van der Waals surface area contributed by atoms with Crippen LogP contribution in [-0.2, 0) is 9.59 Å². The second-order valence-electron chi connectivity index (χ2n) is 4.80. The molecular weight excluding hydrogens is 259 g/mol. The van der Waals surface area contributed by atoms with Crippen LogP contribution in [0.1, 0.15) is 38.2 Å². The largest absolute Gasteiger partial charge is 0.356 e. The summed E-state index contributed by atoms with van der Waals surface area (Å²) in [6, 6.07) is 4.29. The first-order valence-electron chi connectivity index (χ1n) is 6.79. The molecule has 1 aromatic carbocycles. The fourth-order valence-corrected chi connectivity index (χ4v) is 1.83. The van der Waals surface area contributed by atoms with E-state index in [1.165, 1.54) is 19.1 Å². The van der Waals surface area contributed by atoms with Crippen molar-refractivity contribution in [2.45, 2.75) is 39.5 Å². The molecule has 2 N–H and O–H groups in total. The van der Waals surface area contributed by atoms with Crippen LogP contribution in [0, 0.1) is 12.7 Å². The lowest BCUT2D eigenvalue weighted by Gasteiger charge is -2.08. The van der Waals surface area contributed by atoms with E-state index in [0.29, 0.717) is 24.2 Å². The van der Waals surface area contributed by atoms with E-state index in [1.807, 2.05) is 0 Å². The molecule has 0 aliphatic heterocycles. The highest BCUT2D eigenvalue weighted by atomic mass is 19.1. The van der Waals surface area contributed by atoms with Gasteiger partial charge in [0.2, 0.25) is 11.8 Å². The van der Waals surface area contributed by atoms with Crippen LogP contribution in [0.3, 0.4) is 0 Å². The second kappa shape index (κ2) is 8.30. The van der Waals surface area contributed by atoms with E-state index in [0.717, 1.165) is 19.3 Å². The van der Waals surface area contributed by atoms with E-state index < -0.39 is 0 Å². The van der Waals surface area contributed by atoms with Crippen molar-refractivity contribution in [1.29, 1.82) is 0 Å². The van der Waals surface area contributed by atoms with E-state index in [9.17, 15) is 14.0 Å². The lowest BCUT2D eigenvalue weighted by atomic mass is 10.1. The minimum atomic E-state index is -0.307. The van der Waals surface area contributed by atoms with Crippen LogP contribution in [-0.4, -0.2) is 18.4 Å². The molecule has 0 saturated carbocycles. The van der Waals surface area contributed by atoms with E-state index in [-0.39, 0.29) is 17.6 Å². The highest BCUT2D eigenvalue weighted by Crippen LogP contribution is 2.16. The maximum atomic E-state index is 12.9. The van der Waals surface area contributed by atoms with Crippen molar-refractivity contribution in [3.8, 4) is 0 Å². The number of benzene rings is 1. The molecule has 0 atom stereocenters. The van der Waals surface area contributed by atoms with Crippen molar-refractivity contribution < 1.29 is 14.0 Å². The summed E-state index contributed by atoms with van der Waals surface area (Å²) in [5, 5.41) is 5.48. The topological polar surface area (TPSA) is 58.2 Å². The molecule has 0 aliphatic rings. The Morgan fingerprint density at radius 2 is 1.95 bits per heavy atom.